The molecule has 262 valence electrons. The van der Waals surface area contributed by atoms with Crippen molar-refractivity contribution in [3.8, 4) is 11.5 Å². The molecule has 1 atom stereocenters. The van der Waals surface area contributed by atoms with Gasteiger partial charge in [0, 0.05) is 17.7 Å². The first-order valence-corrected chi connectivity index (χ1v) is 17.2. The number of esters is 1. The van der Waals surface area contributed by atoms with Gasteiger partial charge in [0.2, 0.25) is 5.91 Å². The van der Waals surface area contributed by atoms with Crippen LogP contribution in [0, 0.1) is 0 Å². The monoisotopic (exact) mass is 686 g/mol. The molecule has 0 spiro atoms. The Labute approximate surface area is 297 Å². The van der Waals surface area contributed by atoms with Crippen LogP contribution in [0.1, 0.15) is 70.9 Å². The van der Waals surface area contributed by atoms with Gasteiger partial charge in [-0.2, -0.15) is 0 Å². The highest BCUT2D eigenvalue weighted by molar-refractivity contribution is 5.98. The number of carbonyl (C=O) groups excluding carboxylic acids is 3. The van der Waals surface area contributed by atoms with Crippen molar-refractivity contribution in [1.29, 1.82) is 0 Å². The summed E-state index contributed by atoms with van der Waals surface area (Å²) >= 11 is 0. The Bertz CT molecular complexity index is 1940. The highest BCUT2D eigenvalue weighted by Crippen LogP contribution is 2.20. The van der Waals surface area contributed by atoms with E-state index in [1.165, 1.54) is 31.4 Å². The van der Waals surface area contributed by atoms with Crippen molar-refractivity contribution in [3.63, 3.8) is 0 Å². The summed E-state index contributed by atoms with van der Waals surface area (Å²) in [7, 11) is 0. The summed E-state index contributed by atoms with van der Waals surface area (Å²) in [4.78, 5) is 50.3. The quantitative estimate of drug-likeness (QED) is 0.0513. The maximum atomic E-state index is 12.9. The Morgan fingerprint density at radius 3 is 2.04 bits per heavy atom. The Hall–Kier alpha value is -5.96. The summed E-state index contributed by atoms with van der Waals surface area (Å²) in [6.45, 7) is 2.82. The summed E-state index contributed by atoms with van der Waals surface area (Å²) < 4.78 is 11.3. The molecule has 0 saturated heterocycles. The molecule has 3 N–H and O–H groups in total. The van der Waals surface area contributed by atoms with Gasteiger partial charge < -0.3 is 25.2 Å². The summed E-state index contributed by atoms with van der Waals surface area (Å²) in [5.74, 6) is -1.49. The predicted octanol–water partition coefficient (Wildman–Crippen LogP) is 8.02. The number of aliphatic carboxylic acids is 1. The summed E-state index contributed by atoms with van der Waals surface area (Å²) in [5, 5.41) is 17.4. The van der Waals surface area contributed by atoms with Crippen molar-refractivity contribution in [1.82, 2.24) is 5.32 Å². The Balaban J connectivity index is 1.08. The molecule has 0 bridgehead atoms. The largest absolute Gasteiger partial charge is 0.494 e. The van der Waals surface area contributed by atoms with E-state index >= 15 is 0 Å². The molecule has 5 aromatic rings. The second-order valence-corrected chi connectivity index (χ2v) is 12.4. The fourth-order valence-corrected chi connectivity index (χ4v) is 5.56. The Kier molecular flexibility index (Phi) is 12.9. The molecule has 51 heavy (non-hydrogen) atoms. The zero-order chi connectivity index (χ0) is 36.0. The number of carboxylic acids is 1. The van der Waals surface area contributed by atoms with Gasteiger partial charge in [-0.05, 0) is 89.0 Å². The molecule has 0 radical (unpaired) electrons. The first kappa shape index (κ1) is 36.3. The molecule has 0 aliphatic rings. The molecular weight excluding hydrogens is 644 g/mol. The van der Waals surface area contributed by atoms with E-state index in [4.69, 9.17) is 9.47 Å². The van der Waals surface area contributed by atoms with E-state index in [9.17, 15) is 24.3 Å². The van der Waals surface area contributed by atoms with Gasteiger partial charge in [-0.1, -0.05) is 87.2 Å². The van der Waals surface area contributed by atoms with Crippen LogP contribution in [0.25, 0.3) is 10.8 Å². The Morgan fingerprint density at radius 2 is 1.33 bits per heavy atom. The summed E-state index contributed by atoms with van der Waals surface area (Å²) in [6.07, 6.45) is 5.97. The predicted molar refractivity (Wildman–Crippen MR) is 197 cm³/mol. The van der Waals surface area contributed by atoms with E-state index in [0.29, 0.717) is 34.9 Å². The van der Waals surface area contributed by atoms with Crippen LogP contribution >= 0.6 is 0 Å². The highest BCUT2D eigenvalue weighted by atomic mass is 16.5. The van der Waals surface area contributed by atoms with E-state index < -0.39 is 23.9 Å². The number of hydrogen-bond acceptors (Lipinski definition) is 6. The van der Waals surface area contributed by atoms with Gasteiger partial charge in [-0.15, -0.1) is 0 Å². The Morgan fingerprint density at radius 1 is 0.686 bits per heavy atom. The van der Waals surface area contributed by atoms with Crippen molar-refractivity contribution in [2.24, 2.45) is 0 Å². The number of nitrogens with one attached hydrogen (secondary N) is 2. The molecule has 5 rings (SSSR count). The average Bonchev–Trinajstić information content (AvgIpc) is 3.14. The number of hydrogen-bond donors (Lipinski definition) is 3. The number of rotatable bonds is 17. The number of anilines is 1. The minimum Gasteiger partial charge on any atom is -0.494 e. The van der Waals surface area contributed by atoms with Gasteiger partial charge in [0.15, 0.2) is 0 Å². The molecule has 0 aliphatic heterocycles. The lowest BCUT2D eigenvalue weighted by Gasteiger charge is -2.15. The molecule has 0 aromatic heterocycles. The maximum Gasteiger partial charge on any atom is 0.343 e. The van der Waals surface area contributed by atoms with Crippen LogP contribution in [0.15, 0.2) is 115 Å². The standard InChI is InChI=1S/C42H42N2O7/c1-2-3-4-5-8-25-50-36-23-17-33(18-24-36)42(49)51-37-21-12-29(13-22-37)27-38(41(47)48)44-40(46)32-15-19-35(20-16-32)43-39(45)28-30-11-14-31-9-6-7-10-34(31)26-30/h6-7,9-24,26,38H,2-5,8,25,27-28H2,1H3,(H,43,45)(H,44,46)(H,47,48). The highest BCUT2D eigenvalue weighted by Gasteiger charge is 2.21. The average molecular weight is 687 g/mol. The second-order valence-electron chi connectivity index (χ2n) is 12.4. The molecule has 0 fully saturated rings. The number of benzene rings is 5. The third kappa shape index (κ3) is 11.0. The van der Waals surface area contributed by atoms with Gasteiger partial charge in [0.05, 0.1) is 18.6 Å². The van der Waals surface area contributed by atoms with Crippen molar-refractivity contribution < 1.29 is 33.8 Å². The number of amides is 2. The fourth-order valence-electron chi connectivity index (χ4n) is 5.56. The van der Waals surface area contributed by atoms with Gasteiger partial charge in [-0.3, -0.25) is 9.59 Å². The summed E-state index contributed by atoms with van der Waals surface area (Å²) in [6, 6.07) is 32.1. The molecule has 2 amide bonds. The molecule has 0 saturated carbocycles. The minimum absolute atomic E-state index is 0.0122. The SMILES string of the molecule is CCCCCCCOc1ccc(C(=O)Oc2ccc(CC(NC(=O)c3ccc(NC(=O)Cc4ccc5ccccc5c4)cc3)C(=O)O)cc2)cc1. The molecule has 5 aromatic carbocycles. The van der Waals surface area contributed by atoms with Crippen molar-refractivity contribution in [2.75, 3.05) is 11.9 Å². The minimum atomic E-state index is -1.20. The molecule has 9 heteroatoms. The normalized spacial score (nSPS) is 11.4. The molecule has 0 aliphatic carbocycles. The second kappa shape index (κ2) is 18.2. The smallest absolute Gasteiger partial charge is 0.343 e. The lowest BCUT2D eigenvalue weighted by atomic mass is 10.0. The van der Waals surface area contributed by atoms with Gasteiger partial charge in [0.25, 0.3) is 5.91 Å². The van der Waals surface area contributed by atoms with E-state index in [-0.39, 0.29) is 24.3 Å². The van der Waals surface area contributed by atoms with Crippen LogP contribution in [-0.2, 0) is 22.4 Å². The van der Waals surface area contributed by atoms with Crippen LogP contribution < -0.4 is 20.1 Å². The zero-order valence-corrected chi connectivity index (χ0v) is 28.6. The fraction of sp³-hybridized carbons (Fsp3) is 0.238. The first-order chi connectivity index (χ1) is 24.8. The van der Waals surface area contributed by atoms with Gasteiger partial charge >= 0.3 is 11.9 Å². The third-order valence-electron chi connectivity index (χ3n) is 8.39. The molecular formula is C42H42N2O7. The zero-order valence-electron chi connectivity index (χ0n) is 28.6. The van der Waals surface area contributed by atoms with Gasteiger partial charge in [0.1, 0.15) is 17.5 Å². The topological polar surface area (TPSA) is 131 Å². The molecule has 0 heterocycles. The van der Waals surface area contributed by atoms with Gasteiger partial charge in [-0.25, -0.2) is 9.59 Å². The van der Waals surface area contributed by atoms with Crippen LogP contribution in [-0.4, -0.2) is 41.5 Å². The van der Waals surface area contributed by atoms with E-state index in [1.54, 1.807) is 60.7 Å². The third-order valence-corrected chi connectivity index (χ3v) is 8.39. The number of carboxylic acid groups (broad SMARTS) is 1. The number of fused-ring (bicyclic) bond motifs is 1. The molecule has 1 unspecified atom stereocenters. The van der Waals surface area contributed by atoms with Crippen LogP contribution in [0.2, 0.25) is 0 Å². The maximum absolute atomic E-state index is 12.9. The molecule has 9 nitrogen and oxygen atoms in total. The lowest BCUT2D eigenvalue weighted by Crippen LogP contribution is -2.42. The van der Waals surface area contributed by atoms with Crippen molar-refractivity contribution in [2.45, 2.75) is 57.9 Å². The van der Waals surface area contributed by atoms with Crippen LogP contribution in [0.4, 0.5) is 5.69 Å². The number of ether oxygens (including phenoxy) is 2. The van der Waals surface area contributed by atoms with E-state index in [2.05, 4.69) is 17.6 Å². The first-order valence-electron chi connectivity index (χ1n) is 17.2. The summed E-state index contributed by atoms with van der Waals surface area (Å²) in [5.41, 5.74) is 2.65. The van der Waals surface area contributed by atoms with Crippen molar-refractivity contribution in [3.05, 3.63) is 138 Å². The van der Waals surface area contributed by atoms with Crippen LogP contribution in [0.3, 0.4) is 0 Å². The number of unbranched alkanes of at least 4 members (excludes halogenated alkanes) is 4. The van der Waals surface area contributed by atoms with E-state index in [0.717, 1.165) is 29.2 Å². The van der Waals surface area contributed by atoms with Crippen LogP contribution in [0.5, 0.6) is 11.5 Å². The van der Waals surface area contributed by atoms with E-state index in [1.807, 2.05) is 42.5 Å². The van der Waals surface area contributed by atoms with Crippen molar-refractivity contribution >= 4 is 40.2 Å². The number of carbonyl (C=O) groups is 4. The lowest BCUT2D eigenvalue weighted by molar-refractivity contribution is -0.139.